The highest BCUT2D eigenvalue weighted by Gasteiger charge is 2.61. The maximum Gasteiger partial charge on any atom is 0.255 e. The van der Waals surface area contributed by atoms with Gasteiger partial charge in [0.05, 0.1) is 18.4 Å². The van der Waals surface area contributed by atoms with Crippen LogP contribution in [0.25, 0.3) is 27.9 Å². The van der Waals surface area contributed by atoms with Crippen LogP contribution in [0.2, 0.25) is 5.15 Å². The SMILES string of the molecule is COc1cc(C(=O)N2CC3CC4CC2[C@H]43)cn2nc(-c3cc4ccc(Cl)nc4n3CC3CC3)c(C)c12. The predicted octanol–water partition coefficient (Wildman–Crippen LogP) is 5.21. The first kappa shape index (κ1) is 21.1. The van der Waals surface area contributed by atoms with Crippen LogP contribution in [0, 0.1) is 30.6 Å². The Labute approximate surface area is 214 Å². The Hall–Kier alpha value is -3.06. The third-order valence-corrected chi connectivity index (χ3v) is 9.47. The monoisotopic (exact) mass is 501 g/mol. The minimum Gasteiger partial charge on any atom is -0.494 e. The molecule has 1 saturated heterocycles. The molecule has 0 spiro atoms. The van der Waals surface area contributed by atoms with Crippen LogP contribution < -0.4 is 4.74 Å². The van der Waals surface area contributed by atoms with Crippen LogP contribution in [-0.4, -0.2) is 49.7 Å². The number of nitrogens with zero attached hydrogens (tertiary/aromatic N) is 5. The van der Waals surface area contributed by atoms with Gasteiger partial charge in [0.15, 0.2) is 0 Å². The molecule has 3 saturated carbocycles. The standard InChI is InChI=1S/C28H28ClN5O2/c1-14-25(21-8-16-5-6-23(29)30-27(16)32(21)11-15-3-4-15)31-34-13-19(10-22(36-2)26(14)34)28(35)33-12-18-7-17-9-20(33)24(17)18/h5-6,8,10,13,15,17-18,20,24H,3-4,7,9,11-12H2,1-2H3/t17?,18?,20?,24-/m1/s1. The van der Waals surface area contributed by atoms with Crippen molar-refractivity contribution < 1.29 is 9.53 Å². The molecule has 0 bridgehead atoms. The molecular formula is C28H28ClN5O2. The molecule has 0 aromatic carbocycles. The molecule has 7 nitrogen and oxygen atoms in total. The van der Waals surface area contributed by atoms with Gasteiger partial charge in [-0.25, -0.2) is 9.50 Å². The molecule has 36 heavy (non-hydrogen) atoms. The zero-order chi connectivity index (χ0) is 24.3. The molecule has 4 fully saturated rings. The summed E-state index contributed by atoms with van der Waals surface area (Å²) in [5.74, 6) is 3.75. The number of carbonyl (C=O) groups excluding carboxylic acids is 1. The zero-order valence-corrected chi connectivity index (χ0v) is 21.2. The summed E-state index contributed by atoms with van der Waals surface area (Å²) in [5, 5.41) is 6.57. The third-order valence-electron chi connectivity index (χ3n) is 9.26. The second-order valence-electron chi connectivity index (χ2n) is 11.3. The Bertz CT molecular complexity index is 1580. The highest BCUT2D eigenvalue weighted by Crippen LogP contribution is 2.60. The van der Waals surface area contributed by atoms with Crippen LogP contribution in [0.3, 0.4) is 0 Å². The van der Waals surface area contributed by atoms with E-state index < -0.39 is 0 Å². The Balaban J connectivity index is 1.25. The highest BCUT2D eigenvalue weighted by molar-refractivity contribution is 6.29. The molecule has 5 heterocycles. The summed E-state index contributed by atoms with van der Waals surface area (Å²) < 4.78 is 9.91. The van der Waals surface area contributed by atoms with E-state index in [0.29, 0.717) is 34.3 Å². The molecule has 1 aliphatic heterocycles. The molecule has 3 aliphatic carbocycles. The largest absolute Gasteiger partial charge is 0.494 e. The summed E-state index contributed by atoms with van der Waals surface area (Å²) in [6.45, 7) is 3.87. The summed E-state index contributed by atoms with van der Waals surface area (Å²) >= 11 is 6.27. The van der Waals surface area contributed by atoms with E-state index in [1.54, 1.807) is 7.11 Å². The number of hydrogen-bond donors (Lipinski definition) is 0. The van der Waals surface area contributed by atoms with E-state index in [-0.39, 0.29) is 5.91 Å². The number of amides is 1. The van der Waals surface area contributed by atoms with E-state index in [4.69, 9.17) is 21.4 Å². The first-order chi connectivity index (χ1) is 17.5. The van der Waals surface area contributed by atoms with Gasteiger partial charge in [-0.15, -0.1) is 0 Å². The predicted molar refractivity (Wildman–Crippen MR) is 137 cm³/mol. The number of ether oxygens (including phenoxy) is 1. The maximum absolute atomic E-state index is 13.6. The van der Waals surface area contributed by atoms with Crippen molar-refractivity contribution in [2.75, 3.05) is 13.7 Å². The number of methoxy groups -OCH3 is 1. The fourth-order valence-electron chi connectivity index (χ4n) is 7.21. The Morgan fingerprint density at radius 2 is 2.06 bits per heavy atom. The van der Waals surface area contributed by atoms with Gasteiger partial charge in [0, 0.05) is 36.3 Å². The van der Waals surface area contributed by atoms with Crippen molar-refractivity contribution in [1.29, 1.82) is 0 Å². The molecule has 4 aliphatic rings. The Morgan fingerprint density at radius 3 is 2.81 bits per heavy atom. The van der Waals surface area contributed by atoms with E-state index in [2.05, 4.69) is 27.4 Å². The number of carbonyl (C=O) groups is 1. The van der Waals surface area contributed by atoms with Crippen molar-refractivity contribution in [3.05, 3.63) is 46.7 Å². The van der Waals surface area contributed by atoms with Gasteiger partial charge in [0.25, 0.3) is 5.91 Å². The normalized spacial score (nSPS) is 26.2. The second-order valence-corrected chi connectivity index (χ2v) is 11.7. The Morgan fingerprint density at radius 1 is 1.19 bits per heavy atom. The van der Waals surface area contributed by atoms with Crippen molar-refractivity contribution in [3.63, 3.8) is 0 Å². The van der Waals surface area contributed by atoms with Gasteiger partial charge in [-0.05, 0) is 80.5 Å². The lowest BCUT2D eigenvalue weighted by atomic mass is 9.53. The van der Waals surface area contributed by atoms with E-state index >= 15 is 0 Å². The summed E-state index contributed by atoms with van der Waals surface area (Å²) in [6, 6.07) is 8.33. The maximum atomic E-state index is 13.6. The van der Waals surface area contributed by atoms with Gasteiger partial charge in [-0.2, -0.15) is 5.10 Å². The van der Waals surface area contributed by atoms with Crippen LogP contribution in [0.4, 0.5) is 0 Å². The van der Waals surface area contributed by atoms with E-state index in [9.17, 15) is 4.79 Å². The molecular weight excluding hydrogens is 474 g/mol. The average Bonchev–Trinajstić information content (AvgIpc) is 3.53. The molecule has 1 amide bonds. The molecule has 8 heteroatoms. The number of fused-ring (bicyclic) bond motifs is 2. The van der Waals surface area contributed by atoms with Gasteiger partial charge in [-0.3, -0.25) is 4.79 Å². The summed E-state index contributed by atoms with van der Waals surface area (Å²) in [5.41, 5.74) is 5.37. The van der Waals surface area contributed by atoms with Crippen molar-refractivity contribution in [2.24, 2.45) is 23.7 Å². The molecule has 4 aromatic rings. The van der Waals surface area contributed by atoms with Crippen molar-refractivity contribution in [1.82, 2.24) is 24.1 Å². The first-order valence-electron chi connectivity index (χ1n) is 13.0. The number of aromatic nitrogens is 4. The highest BCUT2D eigenvalue weighted by atomic mass is 35.5. The van der Waals surface area contributed by atoms with Crippen LogP contribution in [-0.2, 0) is 6.54 Å². The van der Waals surface area contributed by atoms with Gasteiger partial charge in [-0.1, -0.05) is 11.6 Å². The lowest BCUT2D eigenvalue weighted by Gasteiger charge is -2.52. The molecule has 184 valence electrons. The van der Waals surface area contributed by atoms with E-state index in [1.807, 2.05) is 28.9 Å². The summed E-state index contributed by atoms with van der Waals surface area (Å²) in [6.07, 6.45) is 6.83. The van der Waals surface area contributed by atoms with Gasteiger partial charge >= 0.3 is 0 Å². The molecule has 0 N–H and O–H groups in total. The fraction of sp³-hybridized carbons (Fsp3) is 0.464. The van der Waals surface area contributed by atoms with Crippen molar-refractivity contribution >= 4 is 34.1 Å². The van der Waals surface area contributed by atoms with Crippen LogP contribution >= 0.6 is 11.6 Å². The minimum atomic E-state index is 0.101. The average molecular weight is 502 g/mol. The first-order valence-corrected chi connectivity index (χ1v) is 13.4. The molecule has 4 atom stereocenters. The number of aryl methyl sites for hydroxylation is 1. The molecule has 4 aromatic heterocycles. The second kappa shape index (κ2) is 7.25. The zero-order valence-electron chi connectivity index (χ0n) is 20.4. The van der Waals surface area contributed by atoms with Crippen LogP contribution in [0.5, 0.6) is 5.75 Å². The van der Waals surface area contributed by atoms with Crippen molar-refractivity contribution in [3.8, 4) is 17.1 Å². The van der Waals surface area contributed by atoms with E-state index in [1.165, 1.54) is 25.7 Å². The molecule has 0 radical (unpaired) electrons. The quantitative estimate of drug-likeness (QED) is 0.352. The number of hydrogen-bond acceptors (Lipinski definition) is 4. The van der Waals surface area contributed by atoms with Crippen LogP contribution in [0.15, 0.2) is 30.5 Å². The fourth-order valence-corrected chi connectivity index (χ4v) is 7.35. The van der Waals surface area contributed by atoms with E-state index in [0.717, 1.165) is 58.4 Å². The minimum absolute atomic E-state index is 0.101. The molecule has 8 rings (SSSR count). The van der Waals surface area contributed by atoms with Gasteiger partial charge in [0.1, 0.15) is 27.8 Å². The van der Waals surface area contributed by atoms with Crippen LogP contribution in [0.1, 0.15) is 41.6 Å². The van der Waals surface area contributed by atoms with Crippen molar-refractivity contribution in [2.45, 2.75) is 45.2 Å². The third kappa shape index (κ3) is 2.83. The molecule has 3 unspecified atom stereocenters. The Kier molecular flexibility index (Phi) is 4.24. The van der Waals surface area contributed by atoms with Gasteiger partial charge < -0.3 is 14.2 Å². The number of halogens is 1. The number of likely N-dealkylation sites (tertiary alicyclic amines) is 1. The lowest BCUT2D eigenvalue weighted by Crippen LogP contribution is -2.53. The number of rotatable bonds is 5. The lowest BCUT2D eigenvalue weighted by molar-refractivity contribution is -0.0204. The van der Waals surface area contributed by atoms with Gasteiger partial charge in [0.2, 0.25) is 0 Å². The summed E-state index contributed by atoms with van der Waals surface area (Å²) in [4.78, 5) is 20.4. The topological polar surface area (TPSA) is 64.7 Å². The smallest absolute Gasteiger partial charge is 0.255 e. The summed E-state index contributed by atoms with van der Waals surface area (Å²) in [7, 11) is 1.66. The number of pyridine rings is 2.